The van der Waals surface area contributed by atoms with Crippen LogP contribution in [0, 0.1) is 3.57 Å². The number of unbranched alkanes of at least 4 members (excludes halogenated alkanes) is 1. The minimum atomic E-state index is -0.288. The van der Waals surface area contributed by atoms with Gasteiger partial charge in [0, 0.05) is 13.0 Å². The van der Waals surface area contributed by atoms with Crippen molar-refractivity contribution in [1.82, 2.24) is 9.97 Å². The van der Waals surface area contributed by atoms with E-state index in [2.05, 4.69) is 15.3 Å². The highest BCUT2D eigenvalue weighted by Crippen LogP contribution is 2.08. The van der Waals surface area contributed by atoms with Crippen molar-refractivity contribution in [3.8, 4) is 0 Å². The van der Waals surface area contributed by atoms with Crippen LogP contribution in [0.15, 0.2) is 11.1 Å². The molecule has 0 radical (unpaired) electrons. The molecule has 6 nitrogen and oxygen atoms in total. The van der Waals surface area contributed by atoms with Gasteiger partial charge >= 0.3 is 0 Å². The van der Waals surface area contributed by atoms with Crippen LogP contribution in [0.5, 0.6) is 0 Å². The molecular formula is C9H13IN4O2. The molecule has 0 bridgehead atoms. The second-order valence-electron chi connectivity index (χ2n) is 3.24. The number of anilines is 1. The first-order valence-electron chi connectivity index (χ1n) is 4.86. The van der Waals surface area contributed by atoms with E-state index in [0.717, 1.165) is 12.8 Å². The van der Waals surface area contributed by atoms with Crippen molar-refractivity contribution in [2.24, 2.45) is 5.73 Å². The molecule has 0 aromatic carbocycles. The summed E-state index contributed by atoms with van der Waals surface area (Å²) < 4.78 is 0.537. The molecule has 1 amide bonds. The predicted octanol–water partition coefficient (Wildman–Crippen LogP) is 0.442. The number of H-pyrrole nitrogens is 1. The van der Waals surface area contributed by atoms with Gasteiger partial charge in [0.2, 0.25) is 5.91 Å². The highest BCUT2D eigenvalue weighted by atomic mass is 127. The van der Waals surface area contributed by atoms with Gasteiger partial charge in [0.25, 0.3) is 5.56 Å². The van der Waals surface area contributed by atoms with E-state index in [1.807, 2.05) is 22.6 Å². The predicted molar refractivity (Wildman–Crippen MR) is 69.1 cm³/mol. The third-order valence-corrected chi connectivity index (χ3v) is 2.94. The van der Waals surface area contributed by atoms with Crippen LogP contribution in [0.3, 0.4) is 0 Å². The number of aromatic nitrogens is 2. The molecule has 0 aliphatic carbocycles. The van der Waals surface area contributed by atoms with Gasteiger partial charge in [0.05, 0.1) is 6.33 Å². The third kappa shape index (κ3) is 4.17. The Balaban J connectivity index is 2.35. The fraction of sp³-hybridized carbons (Fsp3) is 0.444. The molecule has 7 heteroatoms. The maximum Gasteiger partial charge on any atom is 0.266 e. The number of carbonyl (C=O) groups excluding carboxylic acids is 1. The van der Waals surface area contributed by atoms with Gasteiger partial charge in [-0.3, -0.25) is 9.59 Å². The first-order valence-corrected chi connectivity index (χ1v) is 5.94. The maximum atomic E-state index is 11.2. The van der Waals surface area contributed by atoms with Gasteiger partial charge in [-0.25, -0.2) is 4.98 Å². The van der Waals surface area contributed by atoms with Gasteiger partial charge in [-0.15, -0.1) is 0 Å². The fourth-order valence-corrected chi connectivity index (χ4v) is 1.62. The van der Waals surface area contributed by atoms with E-state index in [1.165, 1.54) is 6.33 Å². The molecule has 0 unspecified atom stereocenters. The van der Waals surface area contributed by atoms with Crippen molar-refractivity contribution >= 4 is 34.3 Å². The van der Waals surface area contributed by atoms with Crippen LogP contribution >= 0.6 is 22.6 Å². The minimum Gasteiger partial charge on any atom is -0.370 e. The number of nitrogens with two attached hydrogens (primary N) is 1. The van der Waals surface area contributed by atoms with Crippen molar-refractivity contribution in [3.63, 3.8) is 0 Å². The zero-order chi connectivity index (χ0) is 12.0. The number of amides is 1. The van der Waals surface area contributed by atoms with E-state index in [-0.39, 0.29) is 11.5 Å². The van der Waals surface area contributed by atoms with Crippen LogP contribution in [-0.4, -0.2) is 22.4 Å². The zero-order valence-electron chi connectivity index (χ0n) is 8.62. The Morgan fingerprint density at radius 1 is 1.56 bits per heavy atom. The van der Waals surface area contributed by atoms with E-state index in [9.17, 15) is 9.59 Å². The third-order valence-electron chi connectivity index (χ3n) is 1.94. The number of carbonyl (C=O) groups is 1. The molecule has 0 aliphatic rings. The zero-order valence-corrected chi connectivity index (χ0v) is 10.8. The number of primary amides is 1. The number of aromatic amines is 1. The summed E-state index contributed by atoms with van der Waals surface area (Å²) in [5, 5.41) is 3.04. The van der Waals surface area contributed by atoms with Crippen LogP contribution in [0.4, 0.5) is 5.82 Å². The van der Waals surface area contributed by atoms with Crippen molar-refractivity contribution in [3.05, 3.63) is 20.3 Å². The van der Waals surface area contributed by atoms with E-state index in [0.29, 0.717) is 22.4 Å². The van der Waals surface area contributed by atoms with Gasteiger partial charge in [-0.1, -0.05) is 0 Å². The molecule has 16 heavy (non-hydrogen) atoms. The first kappa shape index (κ1) is 12.9. The Bertz CT molecular complexity index is 418. The van der Waals surface area contributed by atoms with Crippen molar-refractivity contribution in [1.29, 1.82) is 0 Å². The average Bonchev–Trinajstić information content (AvgIpc) is 2.23. The van der Waals surface area contributed by atoms with Crippen molar-refractivity contribution < 1.29 is 4.79 Å². The number of halogens is 1. The van der Waals surface area contributed by atoms with E-state index >= 15 is 0 Å². The van der Waals surface area contributed by atoms with Gasteiger partial charge < -0.3 is 16.0 Å². The minimum absolute atomic E-state index is 0.157. The number of rotatable bonds is 6. The van der Waals surface area contributed by atoms with Gasteiger partial charge in [-0.2, -0.15) is 0 Å². The summed E-state index contributed by atoms with van der Waals surface area (Å²) in [5.41, 5.74) is 4.85. The van der Waals surface area contributed by atoms with Crippen LogP contribution in [-0.2, 0) is 4.79 Å². The number of nitrogens with one attached hydrogen (secondary N) is 2. The number of nitrogens with zero attached hydrogens (tertiary/aromatic N) is 1. The maximum absolute atomic E-state index is 11.2. The fourth-order valence-electron chi connectivity index (χ4n) is 1.14. The van der Waals surface area contributed by atoms with Gasteiger partial charge in [0.15, 0.2) is 0 Å². The summed E-state index contributed by atoms with van der Waals surface area (Å²) in [4.78, 5) is 28.2. The van der Waals surface area contributed by atoms with Crippen molar-refractivity contribution in [2.75, 3.05) is 11.9 Å². The molecular weight excluding hydrogens is 323 g/mol. The molecule has 0 saturated carbocycles. The molecule has 1 rings (SSSR count). The normalized spacial score (nSPS) is 10.1. The second-order valence-corrected chi connectivity index (χ2v) is 4.32. The molecule has 1 heterocycles. The SMILES string of the molecule is NC(=O)CCCCNc1nc[nH]c(=O)c1I. The summed E-state index contributed by atoms with van der Waals surface area (Å²) in [5.74, 6) is 0.285. The average molecular weight is 336 g/mol. The molecule has 88 valence electrons. The summed E-state index contributed by atoms with van der Waals surface area (Å²) in [6.45, 7) is 0.666. The lowest BCUT2D eigenvalue weighted by Crippen LogP contribution is -2.15. The quantitative estimate of drug-likeness (QED) is 0.518. The Kier molecular flexibility index (Phi) is 5.23. The molecule has 0 saturated heterocycles. The Morgan fingerprint density at radius 3 is 3.00 bits per heavy atom. The Labute approximate surface area is 106 Å². The lowest BCUT2D eigenvalue weighted by atomic mass is 10.2. The summed E-state index contributed by atoms with van der Waals surface area (Å²) in [6, 6.07) is 0. The summed E-state index contributed by atoms with van der Waals surface area (Å²) >= 11 is 1.93. The van der Waals surface area contributed by atoms with Crippen LogP contribution < -0.4 is 16.6 Å². The lowest BCUT2D eigenvalue weighted by Gasteiger charge is -2.05. The monoisotopic (exact) mass is 336 g/mol. The molecule has 1 aromatic rings. The first-order chi connectivity index (χ1) is 7.61. The smallest absolute Gasteiger partial charge is 0.266 e. The summed E-state index contributed by atoms with van der Waals surface area (Å²) in [6.07, 6.45) is 3.30. The Hall–Kier alpha value is -1.12. The van der Waals surface area contributed by atoms with Gasteiger partial charge in [-0.05, 0) is 35.4 Å². The molecule has 1 aromatic heterocycles. The largest absolute Gasteiger partial charge is 0.370 e. The number of hydrogen-bond acceptors (Lipinski definition) is 4. The molecule has 0 atom stereocenters. The summed E-state index contributed by atoms with van der Waals surface area (Å²) in [7, 11) is 0. The van der Waals surface area contributed by atoms with E-state index < -0.39 is 0 Å². The van der Waals surface area contributed by atoms with Crippen LogP contribution in [0.25, 0.3) is 0 Å². The van der Waals surface area contributed by atoms with Crippen LogP contribution in [0.2, 0.25) is 0 Å². The highest BCUT2D eigenvalue weighted by Gasteiger charge is 2.03. The molecule has 0 fully saturated rings. The highest BCUT2D eigenvalue weighted by molar-refractivity contribution is 14.1. The Morgan fingerprint density at radius 2 is 2.31 bits per heavy atom. The molecule has 4 N–H and O–H groups in total. The molecule has 0 aliphatic heterocycles. The molecule has 0 spiro atoms. The van der Waals surface area contributed by atoms with Crippen molar-refractivity contribution in [2.45, 2.75) is 19.3 Å². The van der Waals surface area contributed by atoms with Crippen LogP contribution in [0.1, 0.15) is 19.3 Å². The van der Waals surface area contributed by atoms with E-state index in [4.69, 9.17) is 5.73 Å². The second kappa shape index (κ2) is 6.46. The lowest BCUT2D eigenvalue weighted by molar-refractivity contribution is -0.118. The van der Waals surface area contributed by atoms with Gasteiger partial charge in [0.1, 0.15) is 9.39 Å². The topological polar surface area (TPSA) is 101 Å². The van der Waals surface area contributed by atoms with E-state index in [1.54, 1.807) is 0 Å². The number of hydrogen-bond donors (Lipinski definition) is 3. The standard InChI is InChI=1S/C9H13IN4O2/c10-7-8(13-5-14-9(7)16)12-4-2-1-3-6(11)15/h5H,1-4H2,(H2,11,15)(H2,12,13,14,16).